The fraction of sp³-hybridized carbons (Fsp3) is 0.375. The Morgan fingerprint density at radius 2 is 2.10 bits per heavy atom. The molecule has 1 aliphatic rings. The SMILES string of the molecule is COC1=NC(c2nn[nH]n2)N(c2cn[nH]n2)C(OC)=N1. The van der Waals surface area contributed by atoms with Crippen LogP contribution in [-0.4, -0.2) is 62.3 Å². The number of ether oxygens (including phenoxy) is 2. The van der Waals surface area contributed by atoms with Gasteiger partial charge in [-0.2, -0.15) is 20.5 Å². The summed E-state index contributed by atoms with van der Waals surface area (Å²) in [4.78, 5) is 9.91. The summed E-state index contributed by atoms with van der Waals surface area (Å²) in [6.07, 6.45) is 0.816. The lowest BCUT2D eigenvalue weighted by Gasteiger charge is -2.28. The Kier molecular flexibility index (Phi) is 2.95. The Morgan fingerprint density at radius 1 is 1.20 bits per heavy atom. The van der Waals surface area contributed by atoms with Crippen LogP contribution in [0.5, 0.6) is 0 Å². The number of nitrogens with one attached hydrogen (secondary N) is 2. The summed E-state index contributed by atoms with van der Waals surface area (Å²) >= 11 is 0. The number of amidine groups is 2. The van der Waals surface area contributed by atoms with Crippen molar-refractivity contribution < 1.29 is 9.47 Å². The van der Waals surface area contributed by atoms with Gasteiger partial charge in [0.1, 0.15) is 0 Å². The molecule has 0 spiro atoms. The molecule has 2 N–H and O–H groups in total. The molecule has 1 unspecified atom stereocenters. The number of aromatic amines is 2. The predicted octanol–water partition coefficient (Wildman–Crippen LogP) is -1.16. The van der Waals surface area contributed by atoms with Crippen LogP contribution in [0.4, 0.5) is 5.82 Å². The first-order valence-corrected chi connectivity index (χ1v) is 5.46. The molecule has 0 aromatic carbocycles. The van der Waals surface area contributed by atoms with Crippen LogP contribution in [0.1, 0.15) is 12.0 Å². The van der Waals surface area contributed by atoms with Crippen molar-refractivity contribution in [2.45, 2.75) is 6.17 Å². The number of tetrazole rings is 1. The number of methoxy groups -OCH3 is 2. The number of nitrogens with zero attached hydrogens (tertiary/aromatic N) is 8. The van der Waals surface area contributed by atoms with Crippen molar-refractivity contribution in [3.63, 3.8) is 0 Å². The zero-order valence-electron chi connectivity index (χ0n) is 10.5. The molecule has 20 heavy (non-hydrogen) atoms. The van der Waals surface area contributed by atoms with Crippen molar-refractivity contribution in [2.24, 2.45) is 9.98 Å². The third-order valence-electron chi connectivity index (χ3n) is 2.48. The summed E-state index contributed by atoms with van der Waals surface area (Å²) in [7, 11) is 2.92. The second kappa shape index (κ2) is 4.91. The Balaban J connectivity index is 2.07. The van der Waals surface area contributed by atoms with Crippen molar-refractivity contribution in [3.05, 3.63) is 12.0 Å². The molecular weight excluding hydrogens is 268 g/mol. The number of hydrogen-bond acceptors (Lipinski definition) is 10. The summed E-state index contributed by atoms with van der Waals surface area (Å²) in [6, 6.07) is 0.358. The van der Waals surface area contributed by atoms with Crippen molar-refractivity contribution in [1.29, 1.82) is 0 Å². The highest BCUT2D eigenvalue weighted by Crippen LogP contribution is 2.27. The first-order valence-electron chi connectivity index (χ1n) is 5.46. The van der Waals surface area contributed by atoms with E-state index in [4.69, 9.17) is 9.47 Å². The molecule has 3 heterocycles. The van der Waals surface area contributed by atoms with Gasteiger partial charge < -0.3 is 9.47 Å². The van der Waals surface area contributed by atoms with Crippen LogP contribution in [0.15, 0.2) is 16.2 Å². The maximum atomic E-state index is 5.24. The molecule has 3 rings (SSSR count). The van der Waals surface area contributed by atoms with Crippen molar-refractivity contribution in [2.75, 3.05) is 19.1 Å². The largest absolute Gasteiger partial charge is 0.468 e. The van der Waals surface area contributed by atoms with E-state index in [9.17, 15) is 0 Å². The molecule has 12 heteroatoms. The van der Waals surface area contributed by atoms with Crippen LogP contribution in [0.3, 0.4) is 0 Å². The Hall–Kier alpha value is -3.05. The lowest BCUT2D eigenvalue weighted by molar-refractivity contribution is 0.356. The number of aliphatic imine (C=N–C) groups is 2. The van der Waals surface area contributed by atoms with Gasteiger partial charge in [-0.1, -0.05) is 5.21 Å². The van der Waals surface area contributed by atoms with Gasteiger partial charge in [0.25, 0.3) is 0 Å². The van der Waals surface area contributed by atoms with Gasteiger partial charge in [0.2, 0.25) is 5.82 Å². The average Bonchev–Trinajstić information content (AvgIpc) is 3.18. The predicted molar refractivity (Wildman–Crippen MR) is 64.7 cm³/mol. The number of hydrogen-bond donors (Lipinski definition) is 2. The summed E-state index contributed by atoms with van der Waals surface area (Å²) in [5, 5.41) is 24.0. The third kappa shape index (κ3) is 1.92. The third-order valence-corrected chi connectivity index (χ3v) is 2.48. The maximum Gasteiger partial charge on any atom is 0.318 e. The summed E-state index contributed by atoms with van der Waals surface area (Å²) in [5.74, 6) is 0.756. The molecule has 0 bridgehead atoms. The molecule has 1 atom stereocenters. The summed E-state index contributed by atoms with van der Waals surface area (Å²) in [6.45, 7) is 0. The highest BCUT2D eigenvalue weighted by atomic mass is 16.5. The number of rotatable bonds is 2. The highest BCUT2D eigenvalue weighted by Gasteiger charge is 2.35. The summed E-state index contributed by atoms with van der Waals surface area (Å²) < 4.78 is 10.3. The van der Waals surface area contributed by atoms with Crippen LogP contribution >= 0.6 is 0 Å². The minimum Gasteiger partial charge on any atom is -0.468 e. The van der Waals surface area contributed by atoms with E-state index in [0.29, 0.717) is 11.6 Å². The van der Waals surface area contributed by atoms with E-state index >= 15 is 0 Å². The Bertz CT molecular complexity index is 618. The van der Waals surface area contributed by atoms with Crippen LogP contribution in [0, 0.1) is 0 Å². The van der Waals surface area contributed by atoms with E-state index in [0.717, 1.165) is 0 Å². The molecule has 1 aliphatic heterocycles. The van der Waals surface area contributed by atoms with Crippen LogP contribution in [0.2, 0.25) is 0 Å². The zero-order chi connectivity index (χ0) is 13.9. The second-order valence-electron chi connectivity index (χ2n) is 3.56. The van der Waals surface area contributed by atoms with Crippen LogP contribution < -0.4 is 4.90 Å². The van der Waals surface area contributed by atoms with Gasteiger partial charge in [-0.25, -0.2) is 4.90 Å². The lowest BCUT2D eigenvalue weighted by atomic mass is 10.4. The smallest absolute Gasteiger partial charge is 0.318 e. The van der Waals surface area contributed by atoms with Gasteiger partial charge >= 0.3 is 12.0 Å². The topological polar surface area (TPSA) is 142 Å². The molecule has 0 aliphatic carbocycles. The molecule has 0 radical (unpaired) electrons. The molecular formula is C8H10N10O2. The van der Waals surface area contributed by atoms with Crippen LogP contribution in [0.25, 0.3) is 0 Å². The minimum absolute atomic E-state index is 0.136. The molecule has 104 valence electrons. The van der Waals surface area contributed by atoms with E-state index in [1.54, 1.807) is 4.90 Å². The molecule has 0 amide bonds. The number of H-pyrrole nitrogens is 2. The van der Waals surface area contributed by atoms with E-state index in [1.807, 2.05) is 0 Å². The van der Waals surface area contributed by atoms with E-state index in [2.05, 4.69) is 46.0 Å². The van der Waals surface area contributed by atoms with Gasteiger partial charge in [0.05, 0.1) is 20.4 Å². The molecule has 12 nitrogen and oxygen atoms in total. The summed E-state index contributed by atoms with van der Waals surface area (Å²) in [5.41, 5.74) is 0. The van der Waals surface area contributed by atoms with E-state index in [-0.39, 0.29) is 12.0 Å². The normalized spacial score (nSPS) is 18.5. The quantitative estimate of drug-likeness (QED) is 0.700. The number of aromatic nitrogens is 7. The fourth-order valence-corrected chi connectivity index (χ4v) is 1.66. The Labute approximate surface area is 111 Å². The van der Waals surface area contributed by atoms with Gasteiger partial charge in [0.15, 0.2) is 12.0 Å². The fourth-order valence-electron chi connectivity index (χ4n) is 1.66. The molecule has 0 saturated heterocycles. The van der Waals surface area contributed by atoms with Crippen LogP contribution in [-0.2, 0) is 9.47 Å². The molecule has 0 fully saturated rings. The van der Waals surface area contributed by atoms with Gasteiger partial charge in [0, 0.05) is 0 Å². The lowest BCUT2D eigenvalue weighted by Crippen LogP contribution is -2.40. The van der Waals surface area contributed by atoms with E-state index < -0.39 is 6.17 Å². The number of anilines is 1. The van der Waals surface area contributed by atoms with Gasteiger partial charge in [-0.05, 0) is 0 Å². The van der Waals surface area contributed by atoms with E-state index in [1.165, 1.54) is 20.4 Å². The van der Waals surface area contributed by atoms with Gasteiger partial charge in [-0.15, -0.1) is 20.3 Å². The first-order chi connectivity index (χ1) is 9.83. The average molecular weight is 278 g/mol. The maximum absolute atomic E-state index is 5.24. The molecule has 2 aromatic heterocycles. The molecule has 0 saturated carbocycles. The van der Waals surface area contributed by atoms with Crippen molar-refractivity contribution in [3.8, 4) is 0 Å². The monoisotopic (exact) mass is 278 g/mol. The first kappa shape index (κ1) is 12.0. The van der Waals surface area contributed by atoms with Gasteiger partial charge in [-0.3, -0.25) is 0 Å². The zero-order valence-corrected chi connectivity index (χ0v) is 10.5. The molecule has 2 aromatic rings. The minimum atomic E-state index is -0.679. The van der Waals surface area contributed by atoms with Crippen molar-refractivity contribution in [1.82, 2.24) is 36.0 Å². The standard InChI is InChI=1S/C8H10N10O2/c1-19-7-10-6(5-13-16-17-14-5)18(8(11-7)20-2)4-3-9-15-12-4/h3,6H,1-2H3,(H,9,12,15)(H,13,14,16,17). The Morgan fingerprint density at radius 3 is 2.70 bits per heavy atom. The highest BCUT2D eigenvalue weighted by molar-refractivity contribution is 6.00. The van der Waals surface area contributed by atoms with Crippen molar-refractivity contribution >= 4 is 17.9 Å². The second-order valence-corrected chi connectivity index (χ2v) is 3.56.